The molecule has 17 nitrogen and oxygen atoms in total. The summed E-state index contributed by atoms with van der Waals surface area (Å²) < 4.78 is 24.0. The number of Topliss-reactive ketones (excluding diaryl/α,β-unsaturated/α-hetero) is 6. The van der Waals surface area contributed by atoms with Crippen LogP contribution in [0.4, 0.5) is 4.39 Å². The number of ether oxygens (including phenoxy) is 2. The van der Waals surface area contributed by atoms with Crippen molar-refractivity contribution < 1.29 is 42.6 Å². The van der Waals surface area contributed by atoms with Crippen LogP contribution < -0.4 is 30.7 Å². The summed E-state index contributed by atoms with van der Waals surface area (Å²) in [7, 11) is 5.03. The number of halogens is 6. The van der Waals surface area contributed by atoms with Gasteiger partial charge in [0.05, 0.1) is 54.7 Å². The van der Waals surface area contributed by atoms with Crippen LogP contribution in [0.1, 0.15) is 226 Å². The number of piperazine rings is 2. The number of hydrogen-bond donors (Lipinski definition) is 4. The Hall–Kier alpha value is -6.04. The predicted octanol–water partition coefficient (Wildman–Crippen LogP) is 20.7. The van der Waals surface area contributed by atoms with Crippen LogP contribution in [0, 0.1) is 48.2 Å². The maximum atomic E-state index is 13.8. The summed E-state index contributed by atoms with van der Waals surface area (Å²) in [6.45, 7) is 59.3. The third-order valence-electron chi connectivity index (χ3n) is 23.4. The minimum absolute atomic E-state index is 0.00404. The Kier molecular flexibility index (Phi) is 51.5. The number of nitrogens with zero attached hydrogens (tertiary/aromatic N) is 5. The van der Waals surface area contributed by atoms with E-state index in [1.807, 2.05) is 214 Å². The lowest BCUT2D eigenvalue weighted by molar-refractivity contribution is -0.124. The van der Waals surface area contributed by atoms with Crippen LogP contribution in [-0.4, -0.2) is 222 Å². The van der Waals surface area contributed by atoms with E-state index in [0.717, 1.165) is 159 Å². The summed E-state index contributed by atoms with van der Waals surface area (Å²) in [6, 6.07) is 41.0. The number of benzene rings is 6. The zero-order valence-electron chi connectivity index (χ0n) is 79.8. The molecule has 0 saturated carbocycles. The molecule has 3 heterocycles. The Bertz CT molecular complexity index is 3950. The number of methoxy groups -OCH3 is 2. The smallest absolute Gasteiger partial charge is 0.165 e. The van der Waals surface area contributed by atoms with Gasteiger partial charge in [0.15, 0.2) is 11.6 Å². The highest BCUT2D eigenvalue weighted by Crippen LogP contribution is 2.34. The zero-order chi connectivity index (χ0) is 93.5. The molecule has 3 aliphatic rings. The Morgan fingerprint density at radius 3 is 0.888 bits per heavy atom. The van der Waals surface area contributed by atoms with Crippen molar-refractivity contribution in [3.63, 3.8) is 0 Å². The summed E-state index contributed by atoms with van der Waals surface area (Å²) >= 11 is 30.0. The van der Waals surface area contributed by atoms with E-state index < -0.39 is 5.82 Å². The number of nitrogens with one attached hydrogen (secondary N) is 4. The molecule has 3 aliphatic heterocycles. The normalized spacial score (nSPS) is 15.9. The van der Waals surface area contributed by atoms with Crippen molar-refractivity contribution >= 4 is 92.7 Å². The van der Waals surface area contributed by atoms with Crippen LogP contribution in [0.15, 0.2) is 127 Å². The van der Waals surface area contributed by atoms with Crippen molar-refractivity contribution in [2.45, 2.75) is 218 Å². The lowest BCUT2D eigenvalue weighted by Crippen LogP contribution is -2.48. The van der Waals surface area contributed by atoms with E-state index in [1.54, 1.807) is 25.3 Å². The Morgan fingerprint density at radius 2 is 0.616 bits per heavy atom. The second-order valence-corrected chi connectivity index (χ2v) is 38.3. The molecular formula is C102H153Cl5FN9O8. The largest absolute Gasteiger partial charge is 0.495 e. The van der Waals surface area contributed by atoms with E-state index >= 15 is 0 Å². The van der Waals surface area contributed by atoms with Gasteiger partial charge < -0.3 is 45.4 Å². The second-order valence-electron chi connectivity index (χ2n) is 36.1. The number of carbonyl (C=O) groups excluding carboxylic acids is 6. The number of likely N-dealkylation sites (N-methyl/N-ethyl adjacent to an activating group) is 2. The lowest BCUT2D eigenvalue weighted by atomic mass is 9.88. The van der Waals surface area contributed by atoms with Gasteiger partial charge in [0, 0.05) is 171 Å². The fraction of sp³-hybridized carbons (Fsp3) is 0.588. The van der Waals surface area contributed by atoms with E-state index in [1.165, 1.54) is 13.2 Å². The molecular weight excluding hydrogens is 1680 g/mol. The Balaban J connectivity index is 0.000000315. The maximum Gasteiger partial charge on any atom is 0.165 e. The molecule has 0 radical (unpaired) electrons. The maximum absolute atomic E-state index is 13.8. The summed E-state index contributed by atoms with van der Waals surface area (Å²) in [4.78, 5) is 87.3. The van der Waals surface area contributed by atoms with Gasteiger partial charge >= 0.3 is 0 Å². The molecule has 696 valence electrons. The van der Waals surface area contributed by atoms with Crippen LogP contribution in [0.25, 0.3) is 0 Å². The summed E-state index contributed by atoms with van der Waals surface area (Å²) in [5.41, 5.74) is 6.95. The zero-order valence-corrected chi connectivity index (χ0v) is 83.6. The number of piperidine rings is 1. The standard InChI is InChI=1S/3C18H27ClN2O.C16H24ClNO2.C16H24ClNO.C16H24FNO2/c1-13(2)18(22)17(14-4-6-15(19)7-5-14)12-21-10-8-16(20-3)9-11-21;2*1-4-20-9-11-21(12-10-20)13-17(18(22)14(2)3)15-5-7-16(19)8-6-15;1-10(2)16(19)13(9-18-11(3)4)12-6-7-14(17)15(8-12)20-5;1-10(2)16(19)14(9-18-11(3)4)13-6-7-15(17)12(5)8-13;1-10(2)16(19)13(9-18-11(3)4)12-6-7-15(20-5)14(17)8-12/h4-7,13,16-17,20H,8-12H2,1-3H3;2*5-8,14,17H,4,9-13H2,1-3H3;6-8,10-11,13,18H,9H2,1-5H3;6-8,10-11,14,18H,9H2,1-5H3;6-8,10-11,13,18H,9H2,1-5H3/t3*17-;13-;14-;13-/m010111/s1. The Labute approximate surface area is 777 Å². The van der Waals surface area contributed by atoms with Crippen LogP contribution in [0.3, 0.4) is 0 Å². The van der Waals surface area contributed by atoms with Gasteiger partial charge in [-0.05, 0) is 159 Å². The molecule has 0 bridgehead atoms. The molecule has 0 aromatic heterocycles. The number of rotatable bonds is 38. The van der Waals surface area contributed by atoms with Crippen molar-refractivity contribution in [1.29, 1.82) is 0 Å². The average Bonchev–Trinajstić information content (AvgIpc) is 0.918. The SMILES string of the molecule is CCN1CCN(C[C@@H](C(=O)C(C)C)c2ccc(Cl)cc2)CC1.CCN1CCN(C[C@H](C(=O)C(C)C)c2ccc(Cl)cc2)CC1.CNC1CCN(C[C@H](C(=O)C(C)C)c2ccc(Cl)cc2)CC1.COc1cc([C@@H](CNC(C)C)C(=O)C(C)C)ccc1Cl.COc1ccc([C@@H](CNC(C)C)C(=O)C(C)C)cc1F.Cc1cc([C@@H](CNC(C)C)C(=O)C(C)C)ccc1Cl. The molecule has 6 aromatic rings. The first-order chi connectivity index (χ1) is 59.1. The molecule has 125 heavy (non-hydrogen) atoms. The molecule has 9 rings (SSSR count). The van der Waals surface area contributed by atoms with Crippen molar-refractivity contribution in [1.82, 2.24) is 45.8 Å². The lowest BCUT2D eigenvalue weighted by Gasteiger charge is -2.36. The van der Waals surface area contributed by atoms with Crippen molar-refractivity contribution in [2.75, 3.05) is 139 Å². The summed E-state index contributed by atoms with van der Waals surface area (Å²) in [6.07, 6.45) is 2.30. The highest BCUT2D eigenvalue weighted by atomic mass is 35.5. The van der Waals surface area contributed by atoms with Crippen LogP contribution in [0.5, 0.6) is 11.5 Å². The molecule has 0 amide bonds. The van der Waals surface area contributed by atoms with E-state index in [2.05, 4.69) is 87.3 Å². The van der Waals surface area contributed by atoms with Crippen LogP contribution in [-0.2, 0) is 28.8 Å². The first-order valence-electron chi connectivity index (χ1n) is 45.5. The van der Waals surface area contributed by atoms with Gasteiger partial charge in [0.2, 0.25) is 0 Å². The molecule has 0 aliphatic carbocycles. The molecule has 4 N–H and O–H groups in total. The molecule has 3 fully saturated rings. The van der Waals surface area contributed by atoms with E-state index in [0.29, 0.717) is 76.5 Å². The number of aryl methyl sites for hydroxylation is 1. The van der Waals surface area contributed by atoms with Crippen molar-refractivity contribution in [2.24, 2.45) is 35.5 Å². The molecule has 3 saturated heterocycles. The van der Waals surface area contributed by atoms with Gasteiger partial charge in [0.25, 0.3) is 0 Å². The Morgan fingerprint density at radius 1 is 0.352 bits per heavy atom. The van der Waals surface area contributed by atoms with Crippen molar-refractivity contribution in [3.8, 4) is 11.5 Å². The van der Waals surface area contributed by atoms with Gasteiger partial charge in [-0.15, -0.1) is 0 Å². The first kappa shape index (κ1) is 111. The fourth-order valence-electron chi connectivity index (χ4n) is 15.2. The average molecular weight is 1830 g/mol. The van der Waals surface area contributed by atoms with Crippen molar-refractivity contribution in [3.05, 3.63) is 197 Å². The van der Waals surface area contributed by atoms with E-state index in [4.69, 9.17) is 67.5 Å². The van der Waals surface area contributed by atoms with Gasteiger partial charge in [-0.3, -0.25) is 38.6 Å². The van der Waals surface area contributed by atoms with Gasteiger partial charge in [0.1, 0.15) is 40.4 Å². The third kappa shape index (κ3) is 38.9. The number of likely N-dealkylation sites (tertiary alicyclic amines) is 1. The predicted molar refractivity (Wildman–Crippen MR) is 522 cm³/mol. The first-order valence-corrected chi connectivity index (χ1v) is 47.4. The summed E-state index contributed by atoms with van der Waals surface area (Å²) in [5.74, 6) is 1.28. The topological polar surface area (TPSA) is 185 Å². The van der Waals surface area contributed by atoms with Gasteiger partial charge in [-0.1, -0.05) is 257 Å². The second kappa shape index (κ2) is 57.9. The molecule has 0 unspecified atom stereocenters. The minimum atomic E-state index is -0.434. The van der Waals surface area contributed by atoms with Crippen LogP contribution >= 0.6 is 58.0 Å². The molecule has 23 heteroatoms. The third-order valence-corrected chi connectivity index (χ3v) is 24.9. The molecule has 0 spiro atoms. The van der Waals surface area contributed by atoms with E-state index in [-0.39, 0.29) is 100 Å². The summed E-state index contributed by atoms with van der Waals surface area (Å²) in [5, 5.41) is 16.8. The minimum Gasteiger partial charge on any atom is -0.495 e. The fourth-order valence-corrected chi connectivity index (χ4v) is 15.9. The number of hydrogen-bond acceptors (Lipinski definition) is 17. The van der Waals surface area contributed by atoms with Gasteiger partial charge in [-0.2, -0.15) is 0 Å². The highest BCUT2D eigenvalue weighted by Gasteiger charge is 2.33. The molecule has 6 aromatic carbocycles. The quantitative estimate of drug-likeness (QED) is 0.0287. The van der Waals surface area contributed by atoms with E-state index in [9.17, 15) is 33.2 Å². The number of ketones is 6. The highest BCUT2D eigenvalue weighted by molar-refractivity contribution is 6.32. The number of carbonyl (C=O) groups is 6. The van der Waals surface area contributed by atoms with Gasteiger partial charge in [-0.25, -0.2) is 4.39 Å². The van der Waals surface area contributed by atoms with Crippen LogP contribution in [0.2, 0.25) is 25.1 Å². The monoisotopic (exact) mass is 1830 g/mol. The molecule has 6 atom stereocenters.